The number of likely N-dealkylation sites (N-methyl/N-ethyl adjacent to an activating group) is 1. The summed E-state index contributed by atoms with van der Waals surface area (Å²) in [5, 5.41) is 3.98. The molecule has 1 N–H and O–H groups in total. The van der Waals surface area contributed by atoms with Crippen LogP contribution in [0.15, 0.2) is 24.3 Å². The SMILES string of the molecule is CCN(Cc1ccc(Cl)cc1)C(=O)C1CCCN1.Cl. The number of benzene rings is 1. The summed E-state index contributed by atoms with van der Waals surface area (Å²) >= 11 is 5.86. The van der Waals surface area contributed by atoms with E-state index in [-0.39, 0.29) is 24.4 Å². The second kappa shape index (κ2) is 7.73. The van der Waals surface area contributed by atoms with Gasteiger partial charge in [0.2, 0.25) is 5.91 Å². The molecule has 1 aliphatic rings. The average Bonchev–Trinajstić information content (AvgIpc) is 2.91. The Morgan fingerprint density at radius 1 is 1.42 bits per heavy atom. The highest BCUT2D eigenvalue weighted by Gasteiger charge is 2.25. The van der Waals surface area contributed by atoms with Crippen molar-refractivity contribution in [3.05, 3.63) is 34.9 Å². The molecule has 1 atom stereocenters. The van der Waals surface area contributed by atoms with Gasteiger partial charge in [-0.25, -0.2) is 0 Å². The molecular formula is C14H20Cl2N2O. The fourth-order valence-corrected chi connectivity index (χ4v) is 2.40. The monoisotopic (exact) mass is 302 g/mol. The highest BCUT2D eigenvalue weighted by atomic mass is 35.5. The van der Waals surface area contributed by atoms with Crippen molar-refractivity contribution in [1.82, 2.24) is 10.2 Å². The van der Waals surface area contributed by atoms with Gasteiger partial charge in [0, 0.05) is 18.1 Å². The van der Waals surface area contributed by atoms with Crippen LogP contribution in [0.25, 0.3) is 0 Å². The summed E-state index contributed by atoms with van der Waals surface area (Å²) in [5.74, 6) is 0.213. The molecule has 1 heterocycles. The number of halogens is 2. The molecule has 2 rings (SSSR count). The third kappa shape index (κ3) is 4.37. The van der Waals surface area contributed by atoms with E-state index >= 15 is 0 Å². The largest absolute Gasteiger partial charge is 0.337 e. The molecule has 0 bridgehead atoms. The van der Waals surface area contributed by atoms with Crippen LogP contribution in [0.2, 0.25) is 5.02 Å². The molecule has 1 amide bonds. The first kappa shape index (κ1) is 16.3. The highest BCUT2D eigenvalue weighted by molar-refractivity contribution is 6.30. The van der Waals surface area contributed by atoms with Gasteiger partial charge < -0.3 is 10.2 Å². The van der Waals surface area contributed by atoms with E-state index in [4.69, 9.17) is 11.6 Å². The average molecular weight is 303 g/mol. The van der Waals surface area contributed by atoms with Crippen molar-refractivity contribution in [3.63, 3.8) is 0 Å². The maximum Gasteiger partial charge on any atom is 0.239 e. The van der Waals surface area contributed by atoms with Gasteiger partial charge in [-0.2, -0.15) is 0 Å². The molecule has 5 heteroatoms. The van der Waals surface area contributed by atoms with E-state index < -0.39 is 0 Å². The van der Waals surface area contributed by atoms with E-state index in [0.29, 0.717) is 6.54 Å². The maximum atomic E-state index is 12.3. The Morgan fingerprint density at radius 2 is 2.11 bits per heavy atom. The second-order valence-corrected chi connectivity index (χ2v) is 5.06. The number of carbonyl (C=O) groups excluding carboxylic acids is 1. The minimum atomic E-state index is 0. The van der Waals surface area contributed by atoms with Crippen molar-refractivity contribution in [1.29, 1.82) is 0 Å². The van der Waals surface area contributed by atoms with Gasteiger partial charge in [0.05, 0.1) is 6.04 Å². The molecule has 19 heavy (non-hydrogen) atoms. The minimum absolute atomic E-state index is 0. The van der Waals surface area contributed by atoms with Crippen LogP contribution in [0.4, 0.5) is 0 Å². The van der Waals surface area contributed by atoms with E-state index in [0.717, 1.165) is 36.5 Å². The van der Waals surface area contributed by atoms with E-state index in [1.165, 1.54) is 0 Å². The first-order chi connectivity index (χ1) is 8.70. The standard InChI is InChI=1S/C14H19ClN2O.ClH/c1-2-17(14(18)13-4-3-9-16-13)10-11-5-7-12(15)8-6-11;/h5-8,13,16H,2-4,9-10H2,1H3;1H. The van der Waals surface area contributed by atoms with Gasteiger partial charge in [0.15, 0.2) is 0 Å². The van der Waals surface area contributed by atoms with Crippen LogP contribution in [0.5, 0.6) is 0 Å². The van der Waals surface area contributed by atoms with E-state index in [1.54, 1.807) is 0 Å². The van der Waals surface area contributed by atoms with Crippen LogP contribution in [0.3, 0.4) is 0 Å². The lowest BCUT2D eigenvalue weighted by molar-refractivity contribution is -0.133. The fourth-order valence-electron chi connectivity index (χ4n) is 2.27. The first-order valence-electron chi connectivity index (χ1n) is 6.47. The molecule has 0 spiro atoms. The zero-order valence-corrected chi connectivity index (χ0v) is 12.6. The number of amides is 1. The Hall–Kier alpha value is -0.770. The van der Waals surface area contributed by atoms with Crippen LogP contribution in [0, 0.1) is 0 Å². The Kier molecular flexibility index (Phi) is 6.63. The van der Waals surface area contributed by atoms with Crippen molar-refractivity contribution in [2.45, 2.75) is 32.4 Å². The van der Waals surface area contributed by atoms with Crippen molar-refractivity contribution >= 4 is 29.9 Å². The van der Waals surface area contributed by atoms with Crippen LogP contribution in [-0.4, -0.2) is 29.9 Å². The third-order valence-corrected chi connectivity index (χ3v) is 3.59. The van der Waals surface area contributed by atoms with Crippen molar-refractivity contribution in [2.24, 2.45) is 0 Å². The normalized spacial score (nSPS) is 17.9. The molecule has 0 radical (unpaired) electrons. The van der Waals surface area contributed by atoms with E-state index in [2.05, 4.69) is 5.32 Å². The van der Waals surface area contributed by atoms with Crippen LogP contribution < -0.4 is 5.32 Å². The molecule has 1 unspecified atom stereocenters. The molecule has 0 aliphatic carbocycles. The summed E-state index contributed by atoms with van der Waals surface area (Å²) in [6.45, 7) is 4.36. The molecule has 1 saturated heterocycles. The summed E-state index contributed by atoms with van der Waals surface area (Å²) in [5.41, 5.74) is 1.12. The predicted octanol–water partition coefficient (Wildman–Crippen LogP) is 2.86. The summed E-state index contributed by atoms with van der Waals surface area (Å²) in [6, 6.07) is 7.68. The first-order valence-corrected chi connectivity index (χ1v) is 6.85. The molecular weight excluding hydrogens is 283 g/mol. The lowest BCUT2D eigenvalue weighted by Crippen LogP contribution is -2.43. The zero-order valence-electron chi connectivity index (χ0n) is 11.1. The minimum Gasteiger partial charge on any atom is -0.337 e. The number of carbonyl (C=O) groups is 1. The molecule has 0 saturated carbocycles. The molecule has 1 aromatic carbocycles. The van der Waals surface area contributed by atoms with Crippen molar-refractivity contribution in [3.8, 4) is 0 Å². The maximum absolute atomic E-state index is 12.3. The number of hydrogen-bond acceptors (Lipinski definition) is 2. The van der Waals surface area contributed by atoms with Gasteiger partial charge in [-0.15, -0.1) is 12.4 Å². The van der Waals surface area contributed by atoms with E-state index in [1.807, 2.05) is 36.1 Å². The Morgan fingerprint density at radius 3 is 2.63 bits per heavy atom. The lowest BCUT2D eigenvalue weighted by atomic mass is 10.1. The van der Waals surface area contributed by atoms with Crippen molar-refractivity contribution in [2.75, 3.05) is 13.1 Å². The van der Waals surface area contributed by atoms with Gasteiger partial charge >= 0.3 is 0 Å². The van der Waals surface area contributed by atoms with Gasteiger partial charge in [0.1, 0.15) is 0 Å². The topological polar surface area (TPSA) is 32.3 Å². The smallest absolute Gasteiger partial charge is 0.239 e. The number of nitrogens with one attached hydrogen (secondary N) is 1. The van der Waals surface area contributed by atoms with Crippen LogP contribution >= 0.6 is 24.0 Å². The van der Waals surface area contributed by atoms with Gasteiger partial charge in [0.25, 0.3) is 0 Å². The quantitative estimate of drug-likeness (QED) is 0.927. The highest BCUT2D eigenvalue weighted by Crippen LogP contribution is 2.14. The Labute approximate surface area is 125 Å². The summed E-state index contributed by atoms with van der Waals surface area (Å²) in [6.07, 6.45) is 2.05. The number of nitrogens with zero attached hydrogens (tertiary/aromatic N) is 1. The summed E-state index contributed by atoms with van der Waals surface area (Å²) < 4.78 is 0. The Bertz CT molecular complexity index is 402. The number of rotatable bonds is 4. The molecule has 3 nitrogen and oxygen atoms in total. The molecule has 1 aromatic rings. The van der Waals surface area contributed by atoms with Crippen molar-refractivity contribution < 1.29 is 4.79 Å². The Balaban J connectivity index is 0.00000180. The molecule has 106 valence electrons. The lowest BCUT2D eigenvalue weighted by Gasteiger charge is -2.24. The van der Waals surface area contributed by atoms with Crippen LogP contribution in [-0.2, 0) is 11.3 Å². The van der Waals surface area contributed by atoms with E-state index in [9.17, 15) is 4.79 Å². The second-order valence-electron chi connectivity index (χ2n) is 4.63. The third-order valence-electron chi connectivity index (χ3n) is 3.34. The molecule has 1 fully saturated rings. The predicted molar refractivity (Wildman–Crippen MR) is 80.8 cm³/mol. The van der Waals surface area contributed by atoms with Gasteiger partial charge in [-0.1, -0.05) is 23.7 Å². The molecule has 1 aliphatic heterocycles. The van der Waals surface area contributed by atoms with Gasteiger partial charge in [-0.3, -0.25) is 4.79 Å². The number of hydrogen-bond donors (Lipinski definition) is 1. The summed E-state index contributed by atoms with van der Waals surface area (Å²) in [7, 11) is 0. The van der Waals surface area contributed by atoms with Gasteiger partial charge in [-0.05, 0) is 44.0 Å². The van der Waals surface area contributed by atoms with Crippen LogP contribution in [0.1, 0.15) is 25.3 Å². The molecule has 0 aromatic heterocycles. The zero-order chi connectivity index (χ0) is 13.0. The summed E-state index contributed by atoms with van der Waals surface area (Å²) in [4.78, 5) is 14.2. The fraction of sp³-hybridized carbons (Fsp3) is 0.500.